The second-order valence-electron chi connectivity index (χ2n) is 10.2. The summed E-state index contributed by atoms with van der Waals surface area (Å²) >= 11 is 0. The van der Waals surface area contributed by atoms with E-state index >= 15 is 0 Å². The standard InChI is InChI=1S/C33H32N4O3/c1-5-34-27-18-29-25(16-20(27)3)33(26-17-21(4)28(35-6-2)19-30(26)40-29)24-15-11-10-14-23(24)32(39)37(33)36-31(38)22-12-8-7-9-13-22/h7-19,34-35H,5-6H2,1-4H3,(H,36,38). The van der Waals surface area contributed by atoms with Crippen molar-refractivity contribution < 1.29 is 14.3 Å². The van der Waals surface area contributed by atoms with Crippen LogP contribution in [0.1, 0.15) is 62.4 Å². The number of ether oxygens (including phenoxy) is 1. The third-order valence-electron chi connectivity index (χ3n) is 7.72. The quantitative estimate of drug-likeness (QED) is 0.269. The molecule has 4 aromatic carbocycles. The van der Waals surface area contributed by atoms with Crippen molar-refractivity contribution in [1.29, 1.82) is 0 Å². The van der Waals surface area contributed by atoms with Crippen LogP contribution in [0.25, 0.3) is 0 Å². The SMILES string of the molecule is CCNc1cc2c(cc1C)C1(c3cc(C)c(NCC)cc3O2)c2ccccc2C(=O)N1NC(=O)c1ccccc1. The van der Waals surface area contributed by atoms with E-state index in [0.717, 1.165) is 52.3 Å². The van der Waals surface area contributed by atoms with E-state index in [1.807, 2.05) is 68.4 Å². The molecule has 0 bridgehead atoms. The Morgan fingerprint density at radius 3 is 1.90 bits per heavy atom. The molecular weight excluding hydrogens is 500 g/mol. The van der Waals surface area contributed by atoms with Gasteiger partial charge in [0.15, 0.2) is 0 Å². The molecule has 0 aliphatic carbocycles. The van der Waals surface area contributed by atoms with Gasteiger partial charge in [0.2, 0.25) is 0 Å². The van der Waals surface area contributed by atoms with E-state index < -0.39 is 5.54 Å². The number of amides is 2. The van der Waals surface area contributed by atoms with Crippen molar-refractivity contribution >= 4 is 23.2 Å². The molecule has 2 aliphatic rings. The predicted molar refractivity (Wildman–Crippen MR) is 157 cm³/mol. The first-order valence-corrected chi connectivity index (χ1v) is 13.7. The average Bonchev–Trinajstić information content (AvgIpc) is 3.20. The molecule has 0 saturated heterocycles. The topological polar surface area (TPSA) is 82.7 Å². The van der Waals surface area contributed by atoms with E-state index in [4.69, 9.17) is 4.74 Å². The molecule has 2 heterocycles. The number of hydrogen-bond acceptors (Lipinski definition) is 5. The number of fused-ring (bicyclic) bond motifs is 6. The number of benzene rings is 4. The van der Waals surface area contributed by atoms with Gasteiger partial charge in [0.1, 0.15) is 17.0 Å². The average molecular weight is 533 g/mol. The Hall–Kier alpha value is -4.78. The molecule has 7 heteroatoms. The summed E-state index contributed by atoms with van der Waals surface area (Å²) in [6.45, 7) is 9.69. The van der Waals surface area contributed by atoms with E-state index in [0.29, 0.717) is 22.6 Å². The lowest BCUT2D eigenvalue weighted by molar-refractivity contribution is 0.0447. The van der Waals surface area contributed by atoms with Gasteiger partial charge in [-0.25, -0.2) is 5.01 Å². The molecule has 0 radical (unpaired) electrons. The lowest BCUT2D eigenvalue weighted by Gasteiger charge is -2.44. The summed E-state index contributed by atoms with van der Waals surface area (Å²) in [6.07, 6.45) is 0. The highest BCUT2D eigenvalue weighted by Gasteiger charge is 2.57. The van der Waals surface area contributed by atoms with Crippen LogP contribution in [0.3, 0.4) is 0 Å². The van der Waals surface area contributed by atoms with Gasteiger partial charge >= 0.3 is 0 Å². The van der Waals surface area contributed by atoms with Crippen molar-refractivity contribution in [2.45, 2.75) is 33.2 Å². The molecule has 7 nitrogen and oxygen atoms in total. The molecule has 2 aliphatic heterocycles. The molecule has 6 rings (SSSR count). The van der Waals surface area contributed by atoms with E-state index in [-0.39, 0.29) is 11.8 Å². The molecule has 0 aromatic heterocycles. The second-order valence-corrected chi connectivity index (χ2v) is 10.2. The largest absolute Gasteiger partial charge is 0.456 e. The zero-order chi connectivity index (χ0) is 28.0. The summed E-state index contributed by atoms with van der Waals surface area (Å²) < 4.78 is 6.61. The maximum Gasteiger partial charge on any atom is 0.274 e. The summed E-state index contributed by atoms with van der Waals surface area (Å²) in [5, 5.41) is 8.35. The highest BCUT2D eigenvalue weighted by atomic mass is 16.5. The van der Waals surface area contributed by atoms with Gasteiger partial charge in [-0.15, -0.1) is 0 Å². The highest BCUT2D eigenvalue weighted by molar-refractivity contribution is 6.05. The van der Waals surface area contributed by atoms with Crippen molar-refractivity contribution in [3.63, 3.8) is 0 Å². The monoisotopic (exact) mass is 532 g/mol. The number of rotatable bonds is 6. The molecule has 0 saturated carbocycles. The smallest absolute Gasteiger partial charge is 0.274 e. The van der Waals surface area contributed by atoms with Crippen molar-refractivity contribution in [2.24, 2.45) is 0 Å². The van der Waals surface area contributed by atoms with Gasteiger partial charge in [-0.3, -0.25) is 15.0 Å². The maximum atomic E-state index is 14.2. The number of aryl methyl sites for hydroxylation is 2. The number of carbonyl (C=O) groups excluding carboxylic acids is 2. The molecule has 0 unspecified atom stereocenters. The number of hydrazine groups is 1. The molecule has 3 N–H and O–H groups in total. The zero-order valence-corrected chi connectivity index (χ0v) is 23.1. The van der Waals surface area contributed by atoms with Crippen LogP contribution >= 0.6 is 0 Å². The van der Waals surface area contributed by atoms with Gasteiger partial charge in [-0.1, -0.05) is 36.4 Å². The Morgan fingerprint density at radius 2 is 1.32 bits per heavy atom. The molecule has 1 spiro atoms. The number of carbonyl (C=O) groups is 2. The normalized spacial score (nSPS) is 14.2. The van der Waals surface area contributed by atoms with Crippen molar-refractivity contribution in [3.05, 3.63) is 118 Å². The minimum absolute atomic E-state index is 0.277. The molecule has 0 fully saturated rings. The van der Waals surface area contributed by atoms with Gasteiger partial charge in [-0.2, -0.15) is 0 Å². The molecule has 2 amide bonds. The number of anilines is 2. The van der Waals surface area contributed by atoms with Crippen LogP contribution in [0.5, 0.6) is 11.5 Å². The molecule has 0 atom stereocenters. The van der Waals surface area contributed by atoms with Crippen molar-refractivity contribution in [3.8, 4) is 11.5 Å². The summed E-state index contributed by atoms with van der Waals surface area (Å²) in [5.41, 5.74) is 9.19. The molecule has 4 aromatic rings. The lowest BCUT2D eigenvalue weighted by Crippen LogP contribution is -2.56. The van der Waals surface area contributed by atoms with Gasteiger partial charge < -0.3 is 15.4 Å². The number of nitrogens with one attached hydrogen (secondary N) is 3. The molecule has 202 valence electrons. The Kier molecular flexibility index (Phi) is 6.22. The highest BCUT2D eigenvalue weighted by Crippen LogP contribution is 2.58. The first-order valence-electron chi connectivity index (χ1n) is 13.7. The first kappa shape index (κ1) is 25.5. The van der Waals surface area contributed by atoms with Crippen LogP contribution < -0.4 is 20.8 Å². The Bertz CT molecular complexity index is 1590. The van der Waals surface area contributed by atoms with E-state index in [1.165, 1.54) is 5.01 Å². The fraction of sp³-hybridized carbons (Fsp3) is 0.212. The Balaban J connectivity index is 1.67. The predicted octanol–water partition coefficient (Wildman–Crippen LogP) is 6.37. The van der Waals surface area contributed by atoms with Crippen LogP contribution in [0.2, 0.25) is 0 Å². The van der Waals surface area contributed by atoms with Crippen molar-refractivity contribution in [2.75, 3.05) is 23.7 Å². The van der Waals surface area contributed by atoms with E-state index in [2.05, 4.69) is 42.0 Å². The van der Waals surface area contributed by atoms with Gasteiger partial charge in [-0.05, 0) is 69.2 Å². The van der Waals surface area contributed by atoms with Gasteiger partial charge in [0, 0.05) is 64.4 Å². The summed E-state index contributed by atoms with van der Waals surface area (Å²) in [6, 6.07) is 24.7. The van der Waals surface area contributed by atoms with Crippen LogP contribution in [0, 0.1) is 13.8 Å². The fourth-order valence-electron chi connectivity index (χ4n) is 5.94. The fourth-order valence-corrected chi connectivity index (χ4v) is 5.94. The van der Waals surface area contributed by atoms with Crippen LogP contribution in [-0.2, 0) is 5.54 Å². The minimum Gasteiger partial charge on any atom is -0.456 e. The maximum absolute atomic E-state index is 14.2. The van der Waals surface area contributed by atoms with Gasteiger partial charge in [0.25, 0.3) is 11.8 Å². The number of hydrogen-bond donors (Lipinski definition) is 3. The third kappa shape index (κ3) is 3.72. The first-order chi connectivity index (χ1) is 19.4. The van der Waals surface area contributed by atoms with E-state index in [1.54, 1.807) is 12.1 Å². The summed E-state index contributed by atoms with van der Waals surface area (Å²) in [4.78, 5) is 27.8. The van der Waals surface area contributed by atoms with Crippen LogP contribution in [0.4, 0.5) is 11.4 Å². The van der Waals surface area contributed by atoms with Gasteiger partial charge in [0.05, 0.1) is 0 Å². The minimum atomic E-state index is -1.15. The molecular formula is C33H32N4O3. The summed E-state index contributed by atoms with van der Waals surface area (Å²) in [7, 11) is 0. The van der Waals surface area contributed by atoms with E-state index in [9.17, 15) is 9.59 Å². The number of nitrogens with zero attached hydrogens (tertiary/aromatic N) is 1. The third-order valence-corrected chi connectivity index (χ3v) is 7.72. The lowest BCUT2D eigenvalue weighted by atomic mass is 9.74. The van der Waals surface area contributed by atoms with Crippen LogP contribution in [-0.4, -0.2) is 29.9 Å². The molecule has 40 heavy (non-hydrogen) atoms. The Labute approximate surface area is 234 Å². The second kappa shape index (κ2) is 9.75. The summed E-state index contributed by atoms with van der Waals surface area (Å²) in [5.74, 6) is 0.617. The zero-order valence-electron chi connectivity index (χ0n) is 23.1. The van der Waals surface area contributed by atoms with Crippen LogP contribution in [0.15, 0.2) is 78.9 Å². The van der Waals surface area contributed by atoms with Crippen molar-refractivity contribution in [1.82, 2.24) is 10.4 Å². The Morgan fingerprint density at radius 1 is 0.775 bits per heavy atom.